The molecule has 0 spiro atoms. The Kier molecular flexibility index (Phi) is 6.52. The van der Waals surface area contributed by atoms with Gasteiger partial charge in [-0.3, -0.25) is 9.36 Å². The molecular formula is C21H21ClN2O4S. The SMILES string of the molecule is COc1cc(-n2ccnc(Sc3ccccc3Cl)c2=O)ccc1OCC(C)(C)O. The summed E-state index contributed by atoms with van der Waals surface area (Å²) in [5.74, 6) is 0.932. The fraction of sp³-hybridized carbons (Fsp3) is 0.238. The van der Waals surface area contributed by atoms with Gasteiger partial charge in [-0.05, 0) is 38.1 Å². The van der Waals surface area contributed by atoms with Crippen LogP contribution in [0.4, 0.5) is 0 Å². The maximum atomic E-state index is 13.0. The van der Waals surface area contributed by atoms with Gasteiger partial charge in [-0.2, -0.15) is 0 Å². The molecule has 152 valence electrons. The minimum Gasteiger partial charge on any atom is -0.493 e. The van der Waals surface area contributed by atoms with Crippen LogP contribution in [-0.2, 0) is 0 Å². The standard InChI is InChI=1S/C21H21ClN2O4S/c1-21(2,26)13-28-16-9-8-14(12-17(16)27-3)24-11-10-23-19(20(24)25)29-18-7-5-4-6-15(18)22/h4-12,26H,13H2,1-3H3. The maximum Gasteiger partial charge on any atom is 0.287 e. The maximum absolute atomic E-state index is 13.0. The Morgan fingerprint density at radius 2 is 1.97 bits per heavy atom. The number of rotatable bonds is 7. The zero-order chi connectivity index (χ0) is 21.0. The van der Waals surface area contributed by atoms with E-state index in [1.165, 1.54) is 23.4 Å². The van der Waals surface area contributed by atoms with Gasteiger partial charge in [-0.25, -0.2) is 4.98 Å². The van der Waals surface area contributed by atoms with Crippen molar-refractivity contribution in [3.8, 4) is 17.2 Å². The molecule has 1 N–H and O–H groups in total. The third-order valence-electron chi connectivity index (χ3n) is 3.86. The summed E-state index contributed by atoms with van der Waals surface area (Å²) in [6.45, 7) is 3.42. The number of aromatic nitrogens is 2. The summed E-state index contributed by atoms with van der Waals surface area (Å²) < 4.78 is 12.5. The van der Waals surface area contributed by atoms with Crippen molar-refractivity contribution in [1.82, 2.24) is 9.55 Å². The lowest BCUT2D eigenvalue weighted by molar-refractivity contribution is 0.0276. The van der Waals surface area contributed by atoms with Crippen LogP contribution in [0.5, 0.6) is 11.5 Å². The molecule has 0 fully saturated rings. The second-order valence-corrected chi connectivity index (χ2v) is 8.31. The lowest BCUT2D eigenvalue weighted by Gasteiger charge is -2.19. The highest BCUT2D eigenvalue weighted by molar-refractivity contribution is 7.99. The first-order valence-electron chi connectivity index (χ1n) is 8.82. The van der Waals surface area contributed by atoms with E-state index in [1.54, 1.807) is 50.5 Å². The summed E-state index contributed by atoms with van der Waals surface area (Å²) >= 11 is 7.41. The molecule has 1 aromatic heterocycles. The highest BCUT2D eigenvalue weighted by atomic mass is 35.5. The summed E-state index contributed by atoms with van der Waals surface area (Å²) in [6.07, 6.45) is 3.15. The molecule has 1 heterocycles. The minimum atomic E-state index is -0.976. The highest BCUT2D eigenvalue weighted by Crippen LogP contribution is 2.32. The van der Waals surface area contributed by atoms with Gasteiger partial charge in [0.2, 0.25) is 0 Å². The van der Waals surface area contributed by atoms with E-state index in [1.807, 2.05) is 18.2 Å². The number of methoxy groups -OCH3 is 1. The molecule has 0 saturated heterocycles. The van der Waals surface area contributed by atoms with Crippen molar-refractivity contribution in [3.05, 3.63) is 70.2 Å². The molecule has 0 unspecified atom stereocenters. The summed E-state index contributed by atoms with van der Waals surface area (Å²) in [4.78, 5) is 17.9. The van der Waals surface area contributed by atoms with E-state index in [4.69, 9.17) is 21.1 Å². The van der Waals surface area contributed by atoms with Crippen molar-refractivity contribution in [2.24, 2.45) is 0 Å². The van der Waals surface area contributed by atoms with Crippen LogP contribution in [0.3, 0.4) is 0 Å². The van der Waals surface area contributed by atoms with Gasteiger partial charge in [0.1, 0.15) is 6.61 Å². The number of ether oxygens (including phenoxy) is 2. The quantitative estimate of drug-likeness (QED) is 0.603. The Labute approximate surface area is 178 Å². The van der Waals surface area contributed by atoms with Crippen LogP contribution < -0.4 is 15.0 Å². The van der Waals surface area contributed by atoms with Crippen molar-refractivity contribution in [2.45, 2.75) is 29.4 Å². The third kappa shape index (κ3) is 5.32. The van der Waals surface area contributed by atoms with Crippen molar-refractivity contribution >= 4 is 23.4 Å². The van der Waals surface area contributed by atoms with E-state index >= 15 is 0 Å². The molecule has 3 rings (SSSR count). The molecule has 6 nitrogen and oxygen atoms in total. The first-order chi connectivity index (χ1) is 13.8. The number of halogens is 1. The van der Waals surface area contributed by atoms with Gasteiger partial charge in [0.25, 0.3) is 5.56 Å². The number of hydrogen-bond donors (Lipinski definition) is 1. The Morgan fingerprint density at radius 1 is 1.21 bits per heavy atom. The third-order valence-corrected chi connectivity index (χ3v) is 5.35. The van der Waals surface area contributed by atoms with Gasteiger partial charge < -0.3 is 14.6 Å². The fourth-order valence-electron chi connectivity index (χ4n) is 2.48. The average Bonchev–Trinajstić information content (AvgIpc) is 2.69. The normalized spacial score (nSPS) is 11.3. The topological polar surface area (TPSA) is 73.6 Å². The van der Waals surface area contributed by atoms with Crippen LogP contribution in [0, 0.1) is 0 Å². The van der Waals surface area contributed by atoms with Gasteiger partial charge in [-0.15, -0.1) is 0 Å². The van der Waals surface area contributed by atoms with E-state index in [0.717, 1.165) is 4.90 Å². The number of nitrogens with zero attached hydrogens (tertiary/aromatic N) is 2. The van der Waals surface area contributed by atoms with Gasteiger partial charge in [0, 0.05) is 23.4 Å². The van der Waals surface area contributed by atoms with E-state index in [9.17, 15) is 9.90 Å². The highest BCUT2D eigenvalue weighted by Gasteiger charge is 2.16. The van der Waals surface area contributed by atoms with Gasteiger partial charge in [-0.1, -0.05) is 35.5 Å². The molecular weight excluding hydrogens is 412 g/mol. The molecule has 2 aromatic carbocycles. The Morgan fingerprint density at radius 3 is 2.66 bits per heavy atom. The average molecular weight is 433 g/mol. The van der Waals surface area contributed by atoms with Gasteiger partial charge in [0.05, 0.1) is 23.4 Å². The molecule has 0 radical (unpaired) electrons. The second kappa shape index (κ2) is 8.90. The van der Waals surface area contributed by atoms with Crippen molar-refractivity contribution in [3.63, 3.8) is 0 Å². The molecule has 8 heteroatoms. The predicted octanol–water partition coefficient (Wildman–Crippen LogP) is 4.20. The zero-order valence-electron chi connectivity index (χ0n) is 16.3. The fourth-order valence-corrected chi connectivity index (χ4v) is 3.55. The van der Waals surface area contributed by atoms with Gasteiger partial charge in [0.15, 0.2) is 16.5 Å². The Bertz CT molecular complexity index is 1060. The van der Waals surface area contributed by atoms with Crippen LogP contribution in [0.15, 0.2) is 69.6 Å². The van der Waals surface area contributed by atoms with E-state index < -0.39 is 5.60 Å². The van der Waals surface area contributed by atoms with Crippen molar-refractivity contribution in [2.75, 3.05) is 13.7 Å². The summed E-state index contributed by atoms with van der Waals surface area (Å²) in [6, 6.07) is 12.4. The van der Waals surface area contributed by atoms with Crippen molar-refractivity contribution < 1.29 is 14.6 Å². The molecule has 29 heavy (non-hydrogen) atoms. The molecule has 0 aliphatic heterocycles. The summed E-state index contributed by atoms with van der Waals surface area (Å²) in [7, 11) is 1.52. The number of benzene rings is 2. The molecule has 0 aliphatic rings. The number of aliphatic hydroxyl groups is 1. The minimum absolute atomic E-state index is 0.108. The van der Waals surface area contributed by atoms with E-state index in [2.05, 4.69) is 4.98 Å². The van der Waals surface area contributed by atoms with E-state index in [-0.39, 0.29) is 12.2 Å². The lowest BCUT2D eigenvalue weighted by atomic mass is 10.2. The molecule has 0 amide bonds. The Balaban J connectivity index is 1.93. The molecule has 0 bridgehead atoms. The summed E-state index contributed by atoms with van der Waals surface area (Å²) in [5, 5.41) is 10.7. The van der Waals surface area contributed by atoms with E-state index in [0.29, 0.717) is 27.2 Å². The van der Waals surface area contributed by atoms with Gasteiger partial charge >= 0.3 is 0 Å². The van der Waals surface area contributed by atoms with Crippen LogP contribution in [0.2, 0.25) is 5.02 Å². The molecule has 0 aliphatic carbocycles. The van der Waals surface area contributed by atoms with Crippen LogP contribution in [0.1, 0.15) is 13.8 Å². The molecule has 0 atom stereocenters. The summed E-state index contributed by atoms with van der Waals surface area (Å²) in [5.41, 5.74) is -0.646. The molecule has 0 saturated carbocycles. The number of hydrogen-bond acceptors (Lipinski definition) is 6. The van der Waals surface area contributed by atoms with Crippen LogP contribution in [-0.4, -0.2) is 34.0 Å². The van der Waals surface area contributed by atoms with Crippen LogP contribution >= 0.6 is 23.4 Å². The first kappa shape index (κ1) is 21.2. The lowest BCUT2D eigenvalue weighted by Crippen LogP contribution is -2.28. The van der Waals surface area contributed by atoms with Crippen LogP contribution in [0.25, 0.3) is 5.69 Å². The largest absolute Gasteiger partial charge is 0.493 e. The first-order valence-corrected chi connectivity index (χ1v) is 10.0. The predicted molar refractivity (Wildman–Crippen MR) is 114 cm³/mol. The smallest absolute Gasteiger partial charge is 0.287 e. The monoisotopic (exact) mass is 432 g/mol. The zero-order valence-corrected chi connectivity index (χ0v) is 17.8. The Hall–Kier alpha value is -2.48. The molecule has 3 aromatic rings. The van der Waals surface area contributed by atoms with Crippen molar-refractivity contribution in [1.29, 1.82) is 0 Å². The second-order valence-electron chi connectivity index (χ2n) is 6.88.